The Morgan fingerprint density at radius 2 is 1.30 bits per heavy atom. The molecule has 2 rings (SSSR count). The zero-order valence-corrected chi connectivity index (χ0v) is 12.0. The molecule has 1 N–H and O–H groups in total. The van der Waals surface area contributed by atoms with Gasteiger partial charge in [0.05, 0.1) is 11.1 Å². The Labute approximate surface area is 132 Å². The summed E-state index contributed by atoms with van der Waals surface area (Å²) in [7, 11) is 0. The lowest BCUT2D eigenvalue weighted by Crippen LogP contribution is -2.32. The van der Waals surface area contributed by atoms with Gasteiger partial charge in [0.1, 0.15) is 6.61 Å². The van der Waals surface area contributed by atoms with Crippen LogP contribution in [-0.2, 0) is 14.3 Å². The Morgan fingerprint density at radius 1 is 0.826 bits per heavy atom. The van der Waals surface area contributed by atoms with Crippen LogP contribution in [0.3, 0.4) is 0 Å². The molecule has 23 heavy (non-hydrogen) atoms. The Bertz CT molecular complexity index is 681. The summed E-state index contributed by atoms with van der Waals surface area (Å²) in [5.41, 5.74) is 0.499. The molecule has 0 radical (unpaired) electrons. The summed E-state index contributed by atoms with van der Waals surface area (Å²) >= 11 is 0. The van der Waals surface area contributed by atoms with Gasteiger partial charge in [-0.25, -0.2) is 14.4 Å². The molecular formula is C17H14O6. The van der Waals surface area contributed by atoms with Crippen LogP contribution >= 0.6 is 0 Å². The minimum absolute atomic E-state index is 0.216. The fourth-order valence-corrected chi connectivity index (χ4v) is 1.74. The number of carbonyl (C=O) groups excluding carboxylic acids is 2. The highest BCUT2D eigenvalue weighted by atomic mass is 16.6. The maximum absolute atomic E-state index is 11.8. The summed E-state index contributed by atoms with van der Waals surface area (Å²) in [5, 5.41) is 9.08. The van der Waals surface area contributed by atoms with Crippen molar-refractivity contribution < 1.29 is 29.0 Å². The highest BCUT2D eigenvalue weighted by Crippen LogP contribution is 2.07. The molecule has 0 aliphatic heterocycles. The number of hydrogen-bond donors (Lipinski definition) is 1. The Kier molecular flexibility index (Phi) is 5.46. The highest BCUT2D eigenvalue weighted by molar-refractivity contribution is 5.92. The molecule has 0 amide bonds. The molecular weight excluding hydrogens is 300 g/mol. The second-order valence-electron chi connectivity index (χ2n) is 4.56. The number of aliphatic carboxylic acids is 1. The largest absolute Gasteiger partial charge is 0.478 e. The quantitative estimate of drug-likeness (QED) is 0.822. The van der Waals surface area contributed by atoms with Crippen LogP contribution in [0.25, 0.3) is 0 Å². The number of carboxylic acid groups (broad SMARTS) is 1. The summed E-state index contributed by atoms with van der Waals surface area (Å²) in [6.45, 7) is -0.568. The number of ether oxygens (including phenoxy) is 2. The van der Waals surface area contributed by atoms with Gasteiger partial charge in [-0.3, -0.25) is 0 Å². The van der Waals surface area contributed by atoms with Gasteiger partial charge in [-0.15, -0.1) is 0 Å². The van der Waals surface area contributed by atoms with Crippen LogP contribution in [0, 0.1) is 0 Å². The number of benzene rings is 2. The van der Waals surface area contributed by atoms with Crippen LogP contribution < -0.4 is 0 Å². The van der Waals surface area contributed by atoms with Gasteiger partial charge in [-0.1, -0.05) is 36.4 Å². The van der Waals surface area contributed by atoms with E-state index >= 15 is 0 Å². The molecule has 0 bridgehead atoms. The van der Waals surface area contributed by atoms with E-state index in [2.05, 4.69) is 0 Å². The number of hydrogen-bond acceptors (Lipinski definition) is 5. The molecule has 0 spiro atoms. The minimum Gasteiger partial charge on any atom is -0.478 e. The standard InChI is InChI=1S/C17H14O6/c18-15(19)14(23-17(21)13-9-5-2-6-10-13)11-22-16(20)12-7-3-1-4-8-12/h1-10,14H,11H2,(H,18,19)/t14-/m0/s1. The second-order valence-corrected chi connectivity index (χ2v) is 4.56. The van der Waals surface area contributed by atoms with Gasteiger partial charge in [0.2, 0.25) is 6.10 Å². The van der Waals surface area contributed by atoms with Crippen molar-refractivity contribution in [3.05, 3.63) is 71.8 Å². The van der Waals surface area contributed by atoms with Crippen LogP contribution in [0.1, 0.15) is 20.7 Å². The van der Waals surface area contributed by atoms with Gasteiger partial charge < -0.3 is 14.6 Å². The topological polar surface area (TPSA) is 89.9 Å². The minimum atomic E-state index is -1.57. The number of carboxylic acids is 1. The van der Waals surface area contributed by atoms with Gasteiger partial charge in [0, 0.05) is 0 Å². The maximum Gasteiger partial charge on any atom is 0.348 e. The third kappa shape index (κ3) is 4.67. The molecule has 0 aliphatic carbocycles. The van der Waals surface area contributed by atoms with Crippen molar-refractivity contribution in [3.63, 3.8) is 0 Å². The van der Waals surface area contributed by atoms with Crippen molar-refractivity contribution in [2.75, 3.05) is 6.61 Å². The molecule has 0 aromatic heterocycles. The molecule has 2 aromatic rings. The van der Waals surface area contributed by atoms with Crippen molar-refractivity contribution in [2.45, 2.75) is 6.10 Å². The van der Waals surface area contributed by atoms with E-state index in [9.17, 15) is 14.4 Å². The van der Waals surface area contributed by atoms with E-state index in [4.69, 9.17) is 14.6 Å². The molecule has 2 aromatic carbocycles. The predicted octanol–water partition coefficient (Wildman–Crippen LogP) is 2.15. The average Bonchev–Trinajstić information content (AvgIpc) is 2.59. The Balaban J connectivity index is 1.96. The fraction of sp³-hybridized carbons (Fsp3) is 0.118. The monoisotopic (exact) mass is 314 g/mol. The van der Waals surface area contributed by atoms with Crippen LogP contribution in [0.4, 0.5) is 0 Å². The van der Waals surface area contributed by atoms with Crippen molar-refractivity contribution >= 4 is 17.9 Å². The van der Waals surface area contributed by atoms with Crippen LogP contribution in [0.2, 0.25) is 0 Å². The SMILES string of the molecule is O=C(OC[C@H](OC(=O)c1ccccc1)C(=O)O)c1ccccc1. The van der Waals surface area contributed by atoms with Crippen molar-refractivity contribution in [3.8, 4) is 0 Å². The zero-order chi connectivity index (χ0) is 16.7. The van der Waals surface area contributed by atoms with Crippen molar-refractivity contribution in [1.29, 1.82) is 0 Å². The molecule has 0 saturated carbocycles. The van der Waals surface area contributed by atoms with Gasteiger partial charge in [0.15, 0.2) is 0 Å². The molecule has 0 aliphatic rings. The Morgan fingerprint density at radius 3 is 1.78 bits per heavy atom. The van der Waals surface area contributed by atoms with Gasteiger partial charge in [0.25, 0.3) is 0 Å². The maximum atomic E-state index is 11.8. The van der Waals surface area contributed by atoms with E-state index in [0.29, 0.717) is 0 Å². The summed E-state index contributed by atoms with van der Waals surface area (Å²) in [6.07, 6.45) is -1.57. The molecule has 6 heteroatoms. The lowest BCUT2D eigenvalue weighted by atomic mass is 10.2. The van der Waals surface area contributed by atoms with E-state index in [1.807, 2.05) is 0 Å². The van der Waals surface area contributed by atoms with E-state index in [0.717, 1.165) is 0 Å². The molecule has 0 saturated heterocycles. The summed E-state index contributed by atoms with van der Waals surface area (Å²) in [4.78, 5) is 34.8. The first-order valence-electron chi connectivity index (χ1n) is 6.79. The molecule has 0 heterocycles. The third-order valence-electron chi connectivity index (χ3n) is 2.91. The first kappa shape index (κ1) is 16.2. The number of carbonyl (C=O) groups is 3. The first-order chi connectivity index (χ1) is 11.1. The highest BCUT2D eigenvalue weighted by Gasteiger charge is 2.25. The lowest BCUT2D eigenvalue weighted by molar-refractivity contribution is -0.149. The molecule has 0 unspecified atom stereocenters. The van der Waals surface area contributed by atoms with Crippen LogP contribution in [-0.4, -0.2) is 35.7 Å². The predicted molar refractivity (Wildman–Crippen MR) is 80.0 cm³/mol. The Hall–Kier alpha value is -3.15. The molecule has 118 valence electrons. The molecule has 6 nitrogen and oxygen atoms in total. The summed E-state index contributed by atoms with van der Waals surface area (Å²) in [6, 6.07) is 16.1. The summed E-state index contributed by atoms with van der Waals surface area (Å²) in [5.74, 6) is -2.88. The lowest BCUT2D eigenvalue weighted by Gasteiger charge is -2.14. The molecule has 0 fully saturated rings. The van der Waals surface area contributed by atoms with E-state index < -0.39 is 30.6 Å². The first-order valence-corrected chi connectivity index (χ1v) is 6.79. The van der Waals surface area contributed by atoms with Gasteiger partial charge >= 0.3 is 17.9 Å². The normalized spacial score (nSPS) is 11.3. The fourth-order valence-electron chi connectivity index (χ4n) is 1.74. The second kappa shape index (κ2) is 7.74. The average molecular weight is 314 g/mol. The summed E-state index contributed by atoms with van der Waals surface area (Å²) < 4.78 is 9.76. The number of rotatable bonds is 6. The van der Waals surface area contributed by atoms with Gasteiger partial charge in [-0.2, -0.15) is 0 Å². The van der Waals surface area contributed by atoms with E-state index in [1.54, 1.807) is 36.4 Å². The number of esters is 2. The van der Waals surface area contributed by atoms with Crippen molar-refractivity contribution in [2.24, 2.45) is 0 Å². The molecule has 1 atom stereocenters. The van der Waals surface area contributed by atoms with Crippen LogP contribution in [0.5, 0.6) is 0 Å². The van der Waals surface area contributed by atoms with Crippen LogP contribution in [0.15, 0.2) is 60.7 Å². The van der Waals surface area contributed by atoms with E-state index in [1.165, 1.54) is 24.3 Å². The van der Waals surface area contributed by atoms with Gasteiger partial charge in [-0.05, 0) is 24.3 Å². The van der Waals surface area contributed by atoms with Crippen molar-refractivity contribution in [1.82, 2.24) is 0 Å². The smallest absolute Gasteiger partial charge is 0.348 e. The zero-order valence-electron chi connectivity index (χ0n) is 12.0. The van der Waals surface area contributed by atoms with E-state index in [-0.39, 0.29) is 11.1 Å². The third-order valence-corrected chi connectivity index (χ3v) is 2.91.